The number of ether oxygens (including phenoxy) is 1. The fourth-order valence-electron chi connectivity index (χ4n) is 5.07. The highest BCUT2D eigenvalue weighted by molar-refractivity contribution is 5.69. The molecule has 1 saturated heterocycles. The maximum Gasteiger partial charge on any atom is 0.413 e. The van der Waals surface area contributed by atoms with Crippen molar-refractivity contribution in [3.8, 4) is 5.88 Å². The van der Waals surface area contributed by atoms with Gasteiger partial charge in [-0.05, 0) is 49.4 Å². The lowest BCUT2D eigenvalue weighted by Crippen LogP contribution is -2.47. The Labute approximate surface area is 198 Å². The summed E-state index contributed by atoms with van der Waals surface area (Å²) >= 11 is 0. The molecule has 33 heavy (non-hydrogen) atoms. The van der Waals surface area contributed by atoms with Gasteiger partial charge < -0.3 is 15.0 Å². The highest BCUT2D eigenvalue weighted by Crippen LogP contribution is 2.27. The van der Waals surface area contributed by atoms with E-state index in [9.17, 15) is 4.79 Å². The van der Waals surface area contributed by atoms with E-state index in [1.165, 1.54) is 48.9 Å². The van der Waals surface area contributed by atoms with Gasteiger partial charge in [0, 0.05) is 50.7 Å². The molecule has 2 aromatic rings. The molecule has 178 valence electrons. The van der Waals surface area contributed by atoms with E-state index >= 15 is 0 Å². The topological polar surface area (TPSA) is 57.7 Å². The zero-order valence-electron chi connectivity index (χ0n) is 20.0. The Morgan fingerprint density at radius 2 is 1.85 bits per heavy atom. The number of benzene rings is 1. The summed E-state index contributed by atoms with van der Waals surface area (Å²) in [7, 11) is 0. The van der Waals surface area contributed by atoms with Crippen LogP contribution in [0.2, 0.25) is 0 Å². The SMILES string of the molecule is Cc1ccccc1N1CCN(CCCNC(=O)Oc2ccc(CC3CCCCC3)cn2)CC1. The standard InChI is InChI=1S/C27H38N4O2/c1-22-8-5-6-11-25(22)31-18-16-30(17-19-31)15-7-14-28-27(32)33-26-13-12-24(21-29-26)20-23-9-3-2-4-10-23/h5-6,8,11-13,21,23H,2-4,7,9-10,14-20H2,1H3,(H,28,32). The van der Waals surface area contributed by atoms with E-state index in [1.807, 2.05) is 18.3 Å². The number of hydrogen-bond donors (Lipinski definition) is 1. The van der Waals surface area contributed by atoms with E-state index in [2.05, 4.69) is 51.3 Å². The fourth-order valence-corrected chi connectivity index (χ4v) is 5.07. The second kappa shape index (κ2) is 12.0. The van der Waals surface area contributed by atoms with Crippen molar-refractivity contribution in [3.05, 3.63) is 53.7 Å². The van der Waals surface area contributed by atoms with Crippen molar-refractivity contribution in [3.63, 3.8) is 0 Å². The number of pyridine rings is 1. The van der Waals surface area contributed by atoms with Gasteiger partial charge >= 0.3 is 6.09 Å². The van der Waals surface area contributed by atoms with Gasteiger partial charge in [-0.2, -0.15) is 0 Å². The minimum absolute atomic E-state index is 0.368. The number of aryl methyl sites for hydroxylation is 1. The summed E-state index contributed by atoms with van der Waals surface area (Å²) in [4.78, 5) is 21.4. The second-order valence-electron chi connectivity index (χ2n) is 9.50. The van der Waals surface area contributed by atoms with Gasteiger partial charge in [0.1, 0.15) is 0 Å². The molecule has 1 aliphatic heterocycles. The van der Waals surface area contributed by atoms with Crippen LogP contribution in [0.15, 0.2) is 42.6 Å². The number of rotatable bonds is 8. The first kappa shape index (κ1) is 23.6. The molecule has 1 saturated carbocycles. The van der Waals surface area contributed by atoms with Crippen LogP contribution in [0.3, 0.4) is 0 Å². The van der Waals surface area contributed by atoms with Crippen molar-refractivity contribution in [1.29, 1.82) is 0 Å². The molecule has 2 aliphatic rings. The number of nitrogens with one attached hydrogen (secondary N) is 1. The van der Waals surface area contributed by atoms with Crippen molar-refractivity contribution >= 4 is 11.8 Å². The molecular weight excluding hydrogens is 412 g/mol. The zero-order chi connectivity index (χ0) is 22.9. The van der Waals surface area contributed by atoms with Gasteiger partial charge in [0.05, 0.1) is 0 Å². The molecule has 1 N–H and O–H groups in total. The minimum Gasteiger partial charge on any atom is -0.391 e. The number of para-hydroxylation sites is 1. The third-order valence-electron chi connectivity index (χ3n) is 6.99. The Hall–Kier alpha value is -2.60. The molecule has 2 heterocycles. The quantitative estimate of drug-likeness (QED) is 0.585. The summed E-state index contributed by atoms with van der Waals surface area (Å²) in [6.07, 6.45) is 10.1. The molecule has 0 spiro atoms. The molecule has 0 unspecified atom stereocenters. The number of hydrogen-bond acceptors (Lipinski definition) is 5. The summed E-state index contributed by atoms with van der Waals surface area (Å²) in [5.41, 5.74) is 3.91. The maximum absolute atomic E-state index is 12.1. The van der Waals surface area contributed by atoms with Gasteiger partial charge in [-0.3, -0.25) is 4.90 Å². The molecule has 6 heteroatoms. The lowest BCUT2D eigenvalue weighted by molar-refractivity contribution is 0.196. The normalized spacial score (nSPS) is 17.7. The Bertz CT molecular complexity index is 872. The summed E-state index contributed by atoms with van der Waals surface area (Å²) < 4.78 is 5.34. The molecule has 4 rings (SSSR count). The Morgan fingerprint density at radius 1 is 1.06 bits per heavy atom. The minimum atomic E-state index is -0.424. The molecule has 1 aromatic carbocycles. The van der Waals surface area contributed by atoms with Gasteiger partial charge in [0.15, 0.2) is 0 Å². The maximum atomic E-state index is 12.1. The van der Waals surface area contributed by atoms with E-state index in [1.54, 1.807) is 0 Å². The first-order valence-electron chi connectivity index (χ1n) is 12.6. The first-order chi connectivity index (χ1) is 16.2. The number of piperazine rings is 1. The number of carbonyl (C=O) groups is 1. The fraction of sp³-hybridized carbons (Fsp3) is 0.556. The zero-order valence-corrected chi connectivity index (χ0v) is 20.0. The number of nitrogens with zero attached hydrogens (tertiary/aromatic N) is 3. The van der Waals surface area contributed by atoms with E-state index < -0.39 is 6.09 Å². The van der Waals surface area contributed by atoms with Crippen LogP contribution in [-0.4, -0.2) is 55.2 Å². The van der Waals surface area contributed by atoms with Crippen LogP contribution < -0.4 is 15.0 Å². The van der Waals surface area contributed by atoms with Crippen LogP contribution in [0, 0.1) is 12.8 Å². The molecule has 0 radical (unpaired) electrons. The third kappa shape index (κ3) is 7.19. The van der Waals surface area contributed by atoms with E-state index in [4.69, 9.17) is 4.74 Å². The van der Waals surface area contributed by atoms with Crippen molar-refractivity contribution in [2.45, 2.75) is 51.9 Å². The average Bonchev–Trinajstić information content (AvgIpc) is 2.85. The number of anilines is 1. The highest BCUT2D eigenvalue weighted by atomic mass is 16.6. The van der Waals surface area contributed by atoms with E-state index in [-0.39, 0.29) is 0 Å². The molecule has 0 atom stereocenters. The van der Waals surface area contributed by atoms with Crippen molar-refractivity contribution < 1.29 is 9.53 Å². The van der Waals surface area contributed by atoms with E-state index in [0.29, 0.717) is 12.4 Å². The summed E-state index contributed by atoms with van der Waals surface area (Å²) in [5.74, 6) is 1.15. The Morgan fingerprint density at radius 3 is 2.58 bits per heavy atom. The van der Waals surface area contributed by atoms with Crippen molar-refractivity contribution in [2.24, 2.45) is 5.92 Å². The van der Waals surface area contributed by atoms with Crippen LogP contribution in [0.25, 0.3) is 0 Å². The predicted molar refractivity (Wildman–Crippen MR) is 133 cm³/mol. The summed E-state index contributed by atoms with van der Waals surface area (Å²) in [6, 6.07) is 12.4. The van der Waals surface area contributed by atoms with Gasteiger partial charge in [-0.15, -0.1) is 0 Å². The third-order valence-corrected chi connectivity index (χ3v) is 6.99. The van der Waals surface area contributed by atoms with Crippen molar-refractivity contribution in [1.82, 2.24) is 15.2 Å². The van der Waals surface area contributed by atoms with Crippen LogP contribution in [0.1, 0.15) is 49.7 Å². The predicted octanol–water partition coefficient (Wildman–Crippen LogP) is 4.81. The Balaban J connectivity index is 1.10. The molecule has 0 bridgehead atoms. The lowest BCUT2D eigenvalue weighted by atomic mass is 9.85. The van der Waals surface area contributed by atoms with Crippen LogP contribution in [-0.2, 0) is 6.42 Å². The monoisotopic (exact) mass is 450 g/mol. The van der Waals surface area contributed by atoms with Crippen molar-refractivity contribution in [2.75, 3.05) is 44.2 Å². The van der Waals surface area contributed by atoms with Gasteiger partial charge in [0.25, 0.3) is 0 Å². The molecular formula is C27H38N4O2. The van der Waals surface area contributed by atoms with Gasteiger partial charge in [-0.1, -0.05) is 56.4 Å². The van der Waals surface area contributed by atoms with E-state index in [0.717, 1.165) is 51.5 Å². The van der Waals surface area contributed by atoms with Gasteiger partial charge in [0.2, 0.25) is 5.88 Å². The lowest BCUT2D eigenvalue weighted by Gasteiger charge is -2.36. The van der Waals surface area contributed by atoms with Crippen LogP contribution in [0.5, 0.6) is 5.88 Å². The van der Waals surface area contributed by atoms with Crippen LogP contribution in [0.4, 0.5) is 10.5 Å². The molecule has 1 amide bonds. The number of amides is 1. The average molecular weight is 451 g/mol. The number of carbonyl (C=O) groups excluding carboxylic acids is 1. The molecule has 6 nitrogen and oxygen atoms in total. The van der Waals surface area contributed by atoms with Crippen LogP contribution >= 0.6 is 0 Å². The smallest absolute Gasteiger partial charge is 0.391 e. The summed E-state index contributed by atoms with van der Waals surface area (Å²) in [6.45, 7) is 7.96. The molecule has 1 aromatic heterocycles. The molecule has 2 fully saturated rings. The molecule has 1 aliphatic carbocycles. The van der Waals surface area contributed by atoms with Gasteiger partial charge in [-0.25, -0.2) is 9.78 Å². The number of aromatic nitrogens is 1. The largest absolute Gasteiger partial charge is 0.413 e. The highest BCUT2D eigenvalue weighted by Gasteiger charge is 2.18. The Kier molecular flexibility index (Phi) is 8.59. The summed E-state index contributed by atoms with van der Waals surface area (Å²) in [5, 5.41) is 2.85. The second-order valence-corrected chi connectivity index (χ2v) is 9.50. The first-order valence-corrected chi connectivity index (χ1v) is 12.6.